The van der Waals surface area contributed by atoms with Crippen LogP contribution in [0.15, 0.2) is 48.5 Å². The molecule has 1 aliphatic rings. The maximum Gasteiger partial charge on any atom is 0.174 e. The van der Waals surface area contributed by atoms with Gasteiger partial charge in [-0.2, -0.15) is 5.26 Å². The van der Waals surface area contributed by atoms with Crippen molar-refractivity contribution in [2.45, 2.75) is 32.3 Å². The van der Waals surface area contributed by atoms with Gasteiger partial charge in [0.2, 0.25) is 0 Å². The van der Waals surface area contributed by atoms with Crippen molar-refractivity contribution >= 4 is 11.6 Å². The van der Waals surface area contributed by atoms with Gasteiger partial charge in [0, 0.05) is 28.7 Å². The van der Waals surface area contributed by atoms with Crippen LogP contribution >= 0.6 is 11.6 Å². The maximum atomic E-state index is 15.6. The highest BCUT2D eigenvalue weighted by atomic mass is 35.5. The van der Waals surface area contributed by atoms with Gasteiger partial charge < -0.3 is 9.47 Å². The third kappa shape index (κ3) is 3.62. The molecule has 4 rings (SSSR count). The lowest BCUT2D eigenvalue weighted by molar-refractivity contribution is 0.215. The number of hydrogen-bond donors (Lipinski definition) is 0. The average molecular weight is 440 g/mol. The fourth-order valence-corrected chi connectivity index (χ4v) is 4.27. The summed E-state index contributed by atoms with van der Waals surface area (Å²) in [5.41, 5.74) is 1.60. The average Bonchev–Trinajstić information content (AvgIpc) is 3.10. The van der Waals surface area contributed by atoms with Crippen molar-refractivity contribution in [3.8, 4) is 28.7 Å². The van der Waals surface area contributed by atoms with Gasteiger partial charge in [0.25, 0.3) is 0 Å². The van der Waals surface area contributed by atoms with Crippen molar-refractivity contribution in [2.24, 2.45) is 0 Å². The van der Waals surface area contributed by atoms with Gasteiger partial charge in [-0.15, -0.1) is 0 Å². The van der Waals surface area contributed by atoms with Crippen LogP contribution in [0.2, 0.25) is 5.02 Å². The molecule has 1 unspecified atom stereocenters. The first-order chi connectivity index (χ1) is 15.0. The summed E-state index contributed by atoms with van der Waals surface area (Å²) in [5.74, 6) is -1.44. The summed E-state index contributed by atoms with van der Waals surface area (Å²) in [4.78, 5) is 0. The second kappa shape index (κ2) is 8.56. The Bertz CT molecular complexity index is 1170. The molecule has 0 saturated carbocycles. The van der Waals surface area contributed by atoms with Crippen LogP contribution in [0, 0.1) is 23.0 Å². The van der Waals surface area contributed by atoms with Gasteiger partial charge in [-0.25, -0.2) is 8.78 Å². The zero-order valence-electron chi connectivity index (χ0n) is 17.1. The fraction of sp³-hybridized carbons (Fsp3) is 0.240. The third-order valence-electron chi connectivity index (χ3n) is 5.45. The fourth-order valence-electron chi connectivity index (χ4n) is 4.02. The van der Waals surface area contributed by atoms with Crippen LogP contribution in [0.25, 0.3) is 11.1 Å². The zero-order valence-corrected chi connectivity index (χ0v) is 17.8. The Balaban J connectivity index is 1.94. The van der Waals surface area contributed by atoms with Gasteiger partial charge in [0.15, 0.2) is 11.6 Å². The highest BCUT2D eigenvalue weighted by Crippen LogP contribution is 2.53. The maximum absolute atomic E-state index is 15.6. The molecule has 0 aliphatic carbocycles. The van der Waals surface area contributed by atoms with Crippen molar-refractivity contribution < 1.29 is 18.3 Å². The first-order valence-corrected chi connectivity index (χ1v) is 10.4. The first kappa shape index (κ1) is 21.1. The quantitative estimate of drug-likeness (QED) is 0.422. The number of halogens is 3. The van der Waals surface area contributed by atoms with Gasteiger partial charge in [0.05, 0.1) is 23.3 Å². The van der Waals surface area contributed by atoms with Crippen LogP contribution in [0.3, 0.4) is 0 Å². The molecule has 0 spiro atoms. The van der Waals surface area contributed by atoms with Crippen molar-refractivity contribution in [3.63, 3.8) is 0 Å². The molecule has 0 saturated heterocycles. The van der Waals surface area contributed by atoms with E-state index in [1.54, 1.807) is 0 Å². The number of nitrogens with zero attached hydrogens (tertiary/aromatic N) is 1. The van der Waals surface area contributed by atoms with Crippen LogP contribution in [-0.2, 0) is 0 Å². The van der Waals surface area contributed by atoms with Crippen LogP contribution in [-0.4, -0.2) is 6.61 Å². The van der Waals surface area contributed by atoms with Gasteiger partial charge in [-0.1, -0.05) is 55.8 Å². The molecule has 0 fully saturated rings. The molecule has 1 aliphatic heterocycles. The molecule has 31 heavy (non-hydrogen) atoms. The Kier molecular flexibility index (Phi) is 5.84. The second-order valence-corrected chi connectivity index (χ2v) is 7.84. The molecular weight excluding hydrogens is 420 g/mol. The van der Waals surface area contributed by atoms with Gasteiger partial charge in [-0.3, -0.25) is 0 Å². The Morgan fingerprint density at radius 2 is 1.87 bits per heavy atom. The summed E-state index contributed by atoms with van der Waals surface area (Å²) in [6.45, 7) is 4.14. The number of fused-ring (bicyclic) bond motifs is 1. The van der Waals surface area contributed by atoms with E-state index >= 15 is 4.39 Å². The van der Waals surface area contributed by atoms with Crippen molar-refractivity contribution in [1.29, 1.82) is 5.26 Å². The van der Waals surface area contributed by atoms with E-state index in [1.165, 1.54) is 18.2 Å². The molecule has 0 aromatic heterocycles. The number of rotatable bonds is 5. The molecule has 3 aromatic rings. The van der Waals surface area contributed by atoms with E-state index in [9.17, 15) is 9.65 Å². The smallest absolute Gasteiger partial charge is 0.174 e. The molecule has 3 aromatic carbocycles. The van der Waals surface area contributed by atoms with Gasteiger partial charge in [0.1, 0.15) is 17.7 Å². The van der Waals surface area contributed by atoms with Crippen LogP contribution in [0.1, 0.15) is 49.0 Å². The summed E-state index contributed by atoms with van der Waals surface area (Å²) in [5, 5.41) is 9.41. The van der Waals surface area contributed by atoms with E-state index < -0.39 is 11.6 Å². The summed E-state index contributed by atoms with van der Waals surface area (Å²) in [6, 6.07) is 15.6. The molecule has 0 N–H and O–H groups in total. The molecule has 3 nitrogen and oxygen atoms in total. The SMILES string of the molecule is CCCOc1ccc(C#N)c(-c2c(Cl)c(F)cc3c2[C@H](C)C(c2ccccc2)O3)c1F. The lowest BCUT2D eigenvalue weighted by Gasteiger charge is -2.18. The summed E-state index contributed by atoms with van der Waals surface area (Å²) < 4.78 is 41.9. The van der Waals surface area contributed by atoms with E-state index in [0.29, 0.717) is 24.3 Å². The lowest BCUT2D eigenvalue weighted by Crippen LogP contribution is -2.07. The molecule has 0 radical (unpaired) electrons. The van der Waals surface area contributed by atoms with Crippen molar-refractivity contribution in [1.82, 2.24) is 0 Å². The first-order valence-electron chi connectivity index (χ1n) is 10.1. The lowest BCUT2D eigenvalue weighted by atomic mass is 9.85. The minimum atomic E-state index is -0.738. The summed E-state index contributed by atoms with van der Waals surface area (Å²) >= 11 is 6.38. The normalized spacial score (nSPS) is 17.0. The highest BCUT2D eigenvalue weighted by Gasteiger charge is 2.38. The Hall–Kier alpha value is -3.10. The summed E-state index contributed by atoms with van der Waals surface area (Å²) in [7, 11) is 0. The van der Waals surface area contributed by atoms with Crippen LogP contribution in [0.5, 0.6) is 11.5 Å². The van der Waals surface area contributed by atoms with Crippen molar-refractivity contribution in [2.75, 3.05) is 6.61 Å². The molecule has 6 heteroatoms. The Labute approximate surface area is 184 Å². The predicted octanol–water partition coefficient (Wildman–Crippen LogP) is 7.18. The molecule has 0 amide bonds. The van der Waals surface area contributed by atoms with E-state index in [4.69, 9.17) is 21.1 Å². The third-order valence-corrected chi connectivity index (χ3v) is 5.82. The van der Waals surface area contributed by atoms with E-state index in [0.717, 1.165) is 5.56 Å². The van der Waals surface area contributed by atoms with Crippen LogP contribution < -0.4 is 9.47 Å². The van der Waals surface area contributed by atoms with Crippen LogP contribution in [0.4, 0.5) is 8.78 Å². The van der Waals surface area contributed by atoms with E-state index in [-0.39, 0.29) is 39.5 Å². The molecular formula is C25H20ClF2NO2. The van der Waals surface area contributed by atoms with E-state index in [2.05, 4.69) is 0 Å². The highest BCUT2D eigenvalue weighted by molar-refractivity contribution is 6.34. The minimum absolute atomic E-state index is 0.00361. The Morgan fingerprint density at radius 3 is 2.55 bits per heavy atom. The van der Waals surface area contributed by atoms with E-state index in [1.807, 2.05) is 50.2 Å². The van der Waals surface area contributed by atoms with Crippen molar-refractivity contribution in [3.05, 3.63) is 81.9 Å². The minimum Gasteiger partial charge on any atom is -0.491 e. The topological polar surface area (TPSA) is 42.2 Å². The Morgan fingerprint density at radius 1 is 1.13 bits per heavy atom. The monoisotopic (exact) mass is 439 g/mol. The molecule has 2 atom stereocenters. The standard InChI is InChI=1S/C25H20ClF2NO2/c1-3-11-30-18-10-9-16(13-29)21(24(18)28)22-20-14(2)25(15-7-5-4-6-8-15)31-19(20)12-17(27)23(22)26/h4-10,12,14,25H,3,11H2,1-2H3/t14-,25?/m0/s1. The van der Waals surface area contributed by atoms with Gasteiger partial charge >= 0.3 is 0 Å². The number of hydrogen-bond acceptors (Lipinski definition) is 3. The predicted molar refractivity (Wildman–Crippen MR) is 116 cm³/mol. The molecule has 158 valence electrons. The number of ether oxygens (including phenoxy) is 2. The summed E-state index contributed by atoms with van der Waals surface area (Å²) in [6.07, 6.45) is 0.301. The number of benzene rings is 3. The number of nitriles is 1. The molecule has 0 bridgehead atoms. The molecule has 1 heterocycles. The van der Waals surface area contributed by atoms with Gasteiger partial charge in [-0.05, 0) is 24.1 Å². The zero-order chi connectivity index (χ0) is 22.1. The largest absolute Gasteiger partial charge is 0.491 e. The second-order valence-electron chi connectivity index (χ2n) is 7.46.